The maximum absolute atomic E-state index is 15.1. The first-order valence-corrected chi connectivity index (χ1v) is 13.7. The molecule has 5 heterocycles. The lowest BCUT2D eigenvalue weighted by Crippen LogP contribution is -2.52. The Morgan fingerprint density at radius 2 is 1.98 bits per heavy atom. The van der Waals surface area contributed by atoms with Crippen molar-refractivity contribution in [2.75, 3.05) is 51.6 Å². The number of carbonyl (C=O) groups is 1. The molecule has 11 nitrogen and oxygen atoms in total. The average Bonchev–Trinajstić information content (AvgIpc) is 3.12. The molecule has 2 aromatic heterocycles. The standard InChI is InChI=1S/C27H28ClF4N7O4/c1-37(2)24(40)22-20(28)17-7-38(9-26(11-42-12-26)10-39(17)36-22)23-13-8-43-18(6-16(13)34-25(35-23)41-3)19-14(27(30,31)32)4-5-15(33)21(19)29/h4-5,18H,6-12,33H2,1-3H3. The highest BCUT2D eigenvalue weighted by molar-refractivity contribution is 6.34. The summed E-state index contributed by atoms with van der Waals surface area (Å²) < 4.78 is 75.3. The molecule has 1 saturated heterocycles. The van der Waals surface area contributed by atoms with Gasteiger partial charge in [0.15, 0.2) is 11.5 Å². The normalized spacial score (nSPS) is 19.3. The Morgan fingerprint density at radius 3 is 2.60 bits per heavy atom. The number of nitrogens with zero attached hydrogens (tertiary/aromatic N) is 6. The van der Waals surface area contributed by atoms with Crippen LogP contribution in [0.5, 0.6) is 6.01 Å². The van der Waals surface area contributed by atoms with Crippen LogP contribution < -0.4 is 15.4 Å². The van der Waals surface area contributed by atoms with Gasteiger partial charge in [-0.2, -0.15) is 28.2 Å². The molecule has 230 valence electrons. The molecule has 0 saturated carbocycles. The highest BCUT2D eigenvalue weighted by Crippen LogP contribution is 2.44. The van der Waals surface area contributed by atoms with Gasteiger partial charge in [-0.25, -0.2) is 4.39 Å². The van der Waals surface area contributed by atoms with Gasteiger partial charge in [0.25, 0.3) is 5.91 Å². The average molecular weight is 626 g/mol. The van der Waals surface area contributed by atoms with E-state index in [0.29, 0.717) is 49.1 Å². The van der Waals surface area contributed by atoms with Crippen molar-refractivity contribution in [1.82, 2.24) is 24.6 Å². The number of nitrogens with two attached hydrogens (primary N) is 1. The molecule has 1 aromatic carbocycles. The van der Waals surface area contributed by atoms with Crippen LogP contribution in [0.1, 0.15) is 44.7 Å². The number of carbonyl (C=O) groups excluding carboxylic acids is 1. The fraction of sp³-hybridized carbons (Fsp3) is 0.481. The first-order valence-electron chi connectivity index (χ1n) is 13.3. The first-order chi connectivity index (χ1) is 20.3. The van der Waals surface area contributed by atoms with E-state index in [2.05, 4.69) is 15.1 Å². The molecule has 1 fully saturated rings. The number of aromatic nitrogens is 4. The number of benzene rings is 1. The van der Waals surface area contributed by atoms with Gasteiger partial charge in [0.05, 0.1) is 79.2 Å². The van der Waals surface area contributed by atoms with Crippen molar-refractivity contribution in [2.45, 2.75) is 38.4 Å². The van der Waals surface area contributed by atoms with Crippen molar-refractivity contribution in [2.24, 2.45) is 5.41 Å². The van der Waals surface area contributed by atoms with Crippen molar-refractivity contribution in [1.29, 1.82) is 0 Å². The maximum Gasteiger partial charge on any atom is 0.416 e. The zero-order valence-corrected chi connectivity index (χ0v) is 24.2. The summed E-state index contributed by atoms with van der Waals surface area (Å²) in [5.41, 5.74) is 4.58. The van der Waals surface area contributed by atoms with Crippen LogP contribution in [0, 0.1) is 11.2 Å². The van der Waals surface area contributed by atoms with Gasteiger partial charge in [-0.1, -0.05) is 11.6 Å². The van der Waals surface area contributed by atoms with Crippen LogP contribution in [0.2, 0.25) is 5.02 Å². The molecule has 6 rings (SSSR count). The highest BCUT2D eigenvalue weighted by Gasteiger charge is 2.46. The van der Waals surface area contributed by atoms with E-state index in [4.69, 9.17) is 31.5 Å². The Hall–Kier alpha value is -3.69. The molecule has 16 heteroatoms. The third kappa shape index (κ3) is 5.02. The molecule has 2 N–H and O–H groups in total. The lowest BCUT2D eigenvalue weighted by molar-refractivity contribution is -0.140. The van der Waals surface area contributed by atoms with Crippen molar-refractivity contribution < 1.29 is 36.6 Å². The number of hydrogen-bond donors (Lipinski definition) is 1. The number of halogens is 5. The lowest BCUT2D eigenvalue weighted by Gasteiger charge is -2.43. The summed E-state index contributed by atoms with van der Waals surface area (Å²) in [6, 6.07) is 1.61. The number of nitrogen functional groups attached to an aromatic ring is 1. The van der Waals surface area contributed by atoms with Gasteiger partial charge in [0.2, 0.25) is 0 Å². The number of fused-ring (bicyclic) bond motifs is 2. The summed E-state index contributed by atoms with van der Waals surface area (Å²) in [5.74, 6) is -1.11. The molecule has 43 heavy (non-hydrogen) atoms. The van der Waals surface area contributed by atoms with E-state index in [-0.39, 0.29) is 47.6 Å². The minimum Gasteiger partial charge on any atom is -0.467 e. The second-order valence-electron chi connectivity index (χ2n) is 11.2. The van der Waals surface area contributed by atoms with Crippen molar-refractivity contribution >= 4 is 29.0 Å². The number of methoxy groups -OCH3 is 1. The summed E-state index contributed by atoms with van der Waals surface area (Å²) in [6.07, 6.45) is -6.33. The Morgan fingerprint density at radius 1 is 1.23 bits per heavy atom. The van der Waals surface area contributed by atoms with Gasteiger partial charge < -0.3 is 29.7 Å². The molecule has 1 atom stereocenters. The first kappa shape index (κ1) is 29.4. The molecule has 3 aliphatic heterocycles. The zero-order valence-electron chi connectivity index (χ0n) is 23.5. The van der Waals surface area contributed by atoms with Crippen molar-refractivity contribution in [3.8, 4) is 6.01 Å². The largest absolute Gasteiger partial charge is 0.467 e. The minimum atomic E-state index is -4.83. The maximum atomic E-state index is 15.1. The smallest absolute Gasteiger partial charge is 0.416 e. The number of amides is 1. The number of hydrogen-bond acceptors (Lipinski definition) is 9. The molecule has 0 bridgehead atoms. The number of ether oxygens (including phenoxy) is 3. The van der Waals surface area contributed by atoms with Crippen LogP contribution in [0.3, 0.4) is 0 Å². The van der Waals surface area contributed by atoms with E-state index in [9.17, 15) is 18.0 Å². The van der Waals surface area contributed by atoms with Crippen LogP contribution in [0.15, 0.2) is 12.1 Å². The SMILES string of the molecule is COc1nc2c(c(N3Cc4c(Cl)c(C(=O)N(C)C)nn4CC4(COC4)C3)n1)COC(c1c(C(F)(F)F)ccc(N)c1F)C2. The third-order valence-corrected chi connectivity index (χ3v) is 8.35. The predicted octanol–water partition coefficient (Wildman–Crippen LogP) is 3.63. The van der Waals surface area contributed by atoms with E-state index < -0.39 is 34.9 Å². The van der Waals surface area contributed by atoms with E-state index >= 15 is 4.39 Å². The zero-order chi connectivity index (χ0) is 30.8. The summed E-state index contributed by atoms with van der Waals surface area (Å²) in [7, 11) is 4.59. The molecule has 1 unspecified atom stereocenters. The Kier molecular flexibility index (Phi) is 7.17. The van der Waals surface area contributed by atoms with E-state index in [0.717, 1.165) is 12.1 Å². The van der Waals surface area contributed by atoms with Gasteiger partial charge in [0, 0.05) is 38.2 Å². The summed E-state index contributed by atoms with van der Waals surface area (Å²) in [5, 5.41) is 4.75. The summed E-state index contributed by atoms with van der Waals surface area (Å²) >= 11 is 6.72. The Balaban J connectivity index is 1.42. The minimum absolute atomic E-state index is 0.0234. The second kappa shape index (κ2) is 10.5. The number of rotatable bonds is 4. The van der Waals surface area contributed by atoms with Gasteiger partial charge in [-0.05, 0) is 12.1 Å². The summed E-state index contributed by atoms with van der Waals surface area (Å²) in [4.78, 5) is 25.1. The van der Waals surface area contributed by atoms with Crippen LogP contribution >= 0.6 is 11.6 Å². The van der Waals surface area contributed by atoms with Crippen LogP contribution in [0.25, 0.3) is 0 Å². The number of anilines is 2. The Labute approximate surface area is 248 Å². The fourth-order valence-corrected chi connectivity index (χ4v) is 6.05. The third-order valence-electron chi connectivity index (χ3n) is 7.95. The van der Waals surface area contributed by atoms with Gasteiger partial charge in [0.1, 0.15) is 5.82 Å². The molecule has 1 amide bonds. The monoisotopic (exact) mass is 625 g/mol. The molecule has 1 spiro atoms. The topological polar surface area (TPSA) is 121 Å². The van der Waals surface area contributed by atoms with E-state index in [1.807, 2.05) is 4.90 Å². The van der Waals surface area contributed by atoms with Gasteiger partial charge >= 0.3 is 12.2 Å². The second-order valence-corrected chi connectivity index (χ2v) is 11.6. The van der Waals surface area contributed by atoms with Crippen LogP contribution in [-0.2, 0) is 41.8 Å². The van der Waals surface area contributed by atoms with Crippen molar-refractivity contribution in [3.63, 3.8) is 0 Å². The number of alkyl halides is 3. The van der Waals surface area contributed by atoms with Gasteiger partial charge in [-0.15, -0.1) is 0 Å². The molecule has 3 aliphatic rings. The van der Waals surface area contributed by atoms with Crippen LogP contribution in [-0.4, -0.2) is 71.5 Å². The van der Waals surface area contributed by atoms with Gasteiger partial charge in [-0.3, -0.25) is 9.48 Å². The summed E-state index contributed by atoms with van der Waals surface area (Å²) in [6.45, 7) is 1.75. The molecular formula is C27H28ClF4N7O4. The fourth-order valence-electron chi connectivity index (χ4n) is 5.78. The quantitative estimate of drug-likeness (QED) is 0.342. The molecule has 0 aliphatic carbocycles. The van der Waals surface area contributed by atoms with Crippen LogP contribution in [0.4, 0.5) is 29.1 Å². The van der Waals surface area contributed by atoms with E-state index in [1.165, 1.54) is 12.0 Å². The highest BCUT2D eigenvalue weighted by atomic mass is 35.5. The Bertz CT molecular complexity index is 1610. The lowest BCUT2D eigenvalue weighted by atomic mass is 9.85. The van der Waals surface area contributed by atoms with E-state index in [1.54, 1.807) is 18.8 Å². The molecule has 3 aromatic rings. The predicted molar refractivity (Wildman–Crippen MR) is 145 cm³/mol. The molecular weight excluding hydrogens is 598 g/mol. The molecule has 0 radical (unpaired) electrons. The van der Waals surface area contributed by atoms with Crippen molar-refractivity contribution in [3.05, 3.63) is 56.7 Å².